The second-order valence-electron chi connectivity index (χ2n) is 7.92. The van der Waals surface area contributed by atoms with Gasteiger partial charge in [0, 0.05) is 11.1 Å². The Kier molecular flexibility index (Phi) is 8.59. The fourth-order valence-corrected chi connectivity index (χ4v) is 4.16. The minimum atomic E-state index is -4.45. The van der Waals surface area contributed by atoms with E-state index in [9.17, 15) is 22.4 Å². The van der Waals surface area contributed by atoms with Crippen LogP contribution in [0, 0.1) is 5.82 Å². The number of carbonyl (C=O) groups is 1. The molecule has 0 aliphatic heterocycles. The monoisotopic (exact) mass is 562 g/mol. The van der Waals surface area contributed by atoms with Crippen molar-refractivity contribution in [1.82, 2.24) is 10.4 Å². The number of rotatable bonds is 9. The van der Waals surface area contributed by atoms with E-state index in [0.717, 1.165) is 29.0 Å². The molecule has 196 valence electrons. The van der Waals surface area contributed by atoms with Gasteiger partial charge < -0.3 is 10.1 Å². The van der Waals surface area contributed by atoms with Crippen LogP contribution in [0.4, 0.5) is 28.4 Å². The lowest BCUT2D eigenvalue weighted by molar-refractivity contribution is -0.137. The van der Waals surface area contributed by atoms with Gasteiger partial charge in [0.1, 0.15) is 18.2 Å². The fourth-order valence-electron chi connectivity index (χ4n) is 3.18. The van der Waals surface area contributed by atoms with E-state index >= 15 is 0 Å². The first-order valence-electron chi connectivity index (χ1n) is 11.0. The molecule has 0 unspecified atom stereocenters. The van der Waals surface area contributed by atoms with Crippen molar-refractivity contribution in [1.29, 1.82) is 0 Å². The van der Waals surface area contributed by atoms with Crippen molar-refractivity contribution in [2.75, 3.05) is 5.32 Å². The number of ether oxygens (including phenoxy) is 1. The van der Waals surface area contributed by atoms with Crippen LogP contribution >= 0.6 is 22.9 Å². The molecule has 0 bridgehead atoms. The van der Waals surface area contributed by atoms with Crippen LogP contribution in [-0.2, 0) is 24.0 Å². The fraction of sp³-hybridized carbons (Fsp3) is 0.115. The van der Waals surface area contributed by atoms with Crippen LogP contribution in [-0.4, -0.2) is 17.1 Å². The third kappa shape index (κ3) is 7.77. The topological polar surface area (TPSA) is 75.6 Å². The minimum Gasteiger partial charge on any atom is -0.487 e. The van der Waals surface area contributed by atoms with Gasteiger partial charge in [-0.3, -0.25) is 4.79 Å². The van der Waals surface area contributed by atoms with Gasteiger partial charge in [0.2, 0.25) is 5.91 Å². The predicted molar refractivity (Wildman–Crippen MR) is 138 cm³/mol. The van der Waals surface area contributed by atoms with Crippen molar-refractivity contribution < 1.29 is 27.1 Å². The Hall–Kier alpha value is -3.96. The highest BCUT2D eigenvalue weighted by atomic mass is 35.5. The number of hydrogen-bond acceptors (Lipinski definition) is 6. The Labute approximate surface area is 223 Å². The maximum absolute atomic E-state index is 13.0. The van der Waals surface area contributed by atoms with E-state index in [0.29, 0.717) is 27.2 Å². The molecular formula is C26H19ClF4N4O2S. The summed E-state index contributed by atoms with van der Waals surface area (Å²) in [6.45, 7) is 0.220. The Bertz CT molecular complexity index is 1440. The van der Waals surface area contributed by atoms with Crippen LogP contribution in [0.5, 0.6) is 5.75 Å². The van der Waals surface area contributed by atoms with Crippen LogP contribution in [0.15, 0.2) is 77.2 Å². The molecular weight excluding hydrogens is 544 g/mol. The molecule has 0 radical (unpaired) electrons. The number of anilines is 2. The molecule has 0 aliphatic carbocycles. The number of carbonyl (C=O) groups excluding carboxylic acids is 1. The first kappa shape index (κ1) is 27.1. The summed E-state index contributed by atoms with van der Waals surface area (Å²) in [6, 6.07) is 15.7. The number of hydrazone groups is 1. The first-order valence-corrected chi connectivity index (χ1v) is 12.3. The summed E-state index contributed by atoms with van der Waals surface area (Å²) in [6.07, 6.45) is -3.11. The molecule has 4 aromatic rings. The number of nitrogens with one attached hydrogen (secondary N) is 2. The highest BCUT2D eigenvalue weighted by Crippen LogP contribution is 2.32. The van der Waals surface area contributed by atoms with Gasteiger partial charge in [-0.05, 0) is 59.7 Å². The highest BCUT2D eigenvalue weighted by Gasteiger charge is 2.30. The van der Waals surface area contributed by atoms with Crippen LogP contribution in [0.2, 0.25) is 5.02 Å². The molecule has 3 aromatic carbocycles. The summed E-state index contributed by atoms with van der Waals surface area (Å²) < 4.78 is 57.3. The second kappa shape index (κ2) is 12.1. The van der Waals surface area contributed by atoms with E-state index in [2.05, 4.69) is 20.8 Å². The SMILES string of the molecule is O=C(Cc1csc(Nc2cccc(C(F)(F)F)c2)n1)N/N=C\c1ccc(OCc2ccc(F)cc2)c(Cl)c1. The highest BCUT2D eigenvalue weighted by molar-refractivity contribution is 7.13. The average Bonchev–Trinajstić information content (AvgIpc) is 3.30. The zero-order valence-corrected chi connectivity index (χ0v) is 21.0. The van der Waals surface area contributed by atoms with Crippen molar-refractivity contribution >= 4 is 45.9 Å². The molecule has 1 amide bonds. The molecule has 4 rings (SSSR count). The normalized spacial score (nSPS) is 11.5. The van der Waals surface area contributed by atoms with Crippen molar-refractivity contribution in [3.63, 3.8) is 0 Å². The Morgan fingerprint density at radius 3 is 2.63 bits per heavy atom. The van der Waals surface area contributed by atoms with Gasteiger partial charge >= 0.3 is 6.18 Å². The summed E-state index contributed by atoms with van der Waals surface area (Å²) in [4.78, 5) is 16.4. The van der Waals surface area contributed by atoms with Crippen molar-refractivity contribution in [2.24, 2.45) is 5.10 Å². The summed E-state index contributed by atoms with van der Waals surface area (Å²) in [5, 5.41) is 9.05. The van der Waals surface area contributed by atoms with Crippen LogP contribution in [0.25, 0.3) is 0 Å². The maximum Gasteiger partial charge on any atom is 0.416 e. The second-order valence-corrected chi connectivity index (χ2v) is 9.19. The largest absolute Gasteiger partial charge is 0.487 e. The van der Waals surface area contributed by atoms with Gasteiger partial charge in [-0.1, -0.05) is 29.8 Å². The van der Waals surface area contributed by atoms with Gasteiger partial charge in [-0.15, -0.1) is 11.3 Å². The average molecular weight is 563 g/mol. The lowest BCUT2D eigenvalue weighted by Gasteiger charge is -2.09. The molecule has 0 aliphatic rings. The summed E-state index contributed by atoms with van der Waals surface area (Å²) >= 11 is 7.42. The molecule has 0 spiro atoms. The predicted octanol–water partition coefficient (Wildman–Crippen LogP) is 6.97. The molecule has 38 heavy (non-hydrogen) atoms. The summed E-state index contributed by atoms with van der Waals surface area (Å²) in [5.41, 5.74) is 3.69. The van der Waals surface area contributed by atoms with Gasteiger partial charge in [-0.2, -0.15) is 18.3 Å². The lowest BCUT2D eigenvalue weighted by atomic mass is 10.2. The number of thiazole rings is 1. The van der Waals surface area contributed by atoms with Crippen molar-refractivity contribution in [3.8, 4) is 5.75 Å². The smallest absolute Gasteiger partial charge is 0.416 e. The van der Waals surface area contributed by atoms with Crippen molar-refractivity contribution in [3.05, 3.63) is 105 Å². The van der Waals surface area contributed by atoms with E-state index in [4.69, 9.17) is 16.3 Å². The van der Waals surface area contributed by atoms with E-state index in [1.54, 1.807) is 35.7 Å². The molecule has 0 atom stereocenters. The number of hydrogen-bond donors (Lipinski definition) is 2. The summed E-state index contributed by atoms with van der Waals surface area (Å²) in [5.74, 6) is -0.317. The number of benzene rings is 3. The van der Waals surface area contributed by atoms with Crippen molar-refractivity contribution in [2.45, 2.75) is 19.2 Å². The minimum absolute atomic E-state index is 0.0744. The number of aromatic nitrogens is 1. The number of nitrogens with zero attached hydrogens (tertiary/aromatic N) is 2. The van der Waals surface area contributed by atoms with Gasteiger partial charge in [-0.25, -0.2) is 14.8 Å². The van der Waals surface area contributed by atoms with E-state index in [-0.39, 0.29) is 24.5 Å². The van der Waals surface area contributed by atoms with E-state index < -0.39 is 17.6 Å². The zero-order valence-electron chi connectivity index (χ0n) is 19.4. The molecule has 0 fully saturated rings. The van der Waals surface area contributed by atoms with E-state index in [1.165, 1.54) is 30.5 Å². The molecule has 2 N–H and O–H groups in total. The molecule has 12 heteroatoms. The molecule has 1 aromatic heterocycles. The van der Waals surface area contributed by atoms with Crippen LogP contribution in [0.1, 0.15) is 22.4 Å². The number of alkyl halides is 3. The van der Waals surface area contributed by atoms with E-state index in [1.807, 2.05) is 0 Å². The molecule has 0 saturated carbocycles. The third-order valence-electron chi connectivity index (χ3n) is 5.00. The lowest BCUT2D eigenvalue weighted by Crippen LogP contribution is -2.19. The standard InChI is InChI=1S/C26H19ClF4N4O2S/c27-22-10-17(6-9-23(22)37-14-16-4-7-19(28)8-5-16)13-32-35-24(36)12-21-15-38-25(34-21)33-20-3-1-2-18(11-20)26(29,30)31/h1-11,13,15H,12,14H2,(H,33,34)(H,35,36)/b32-13-. The maximum atomic E-state index is 13.0. The van der Waals surface area contributed by atoms with Crippen LogP contribution < -0.4 is 15.5 Å². The first-order chi connectivity index (χ1) is 18.2. The third-order valence-corrected chi connectivity index (χ3v) is 6.10. The quantitative estimate of drug-likeness (QED) is 0.131. The molecule has 1 heterocycles. The summed E-state index contributed by atoms with van der Waals surface area (Å²) in [7, 11) is 0. The van der Waals surface area contributed by atoms with Crippen LogP contribution in [0.3, 0.4) is 0 Å². The molecule has 0 saturated heterocycles. The Morgan fingerprint density at radius 2 is 1.89 bits per heavy atom. The number of amides is 1. The van der Waals surface area contributed by atoms with Gasteiger partial charge in [0.25, 0.3) is 0 Å². The Morgan fingerprint density at radius 1 is 1.11 bits per heavy atom. The Balaban J connectivity index is 1.26. The van der Waals surface area contributed by atoms with Gasteiger partial charge in [0.15, 0.2) is 5.13 Å². The van der Waals surface area contributed by atoms with Gasteiger partial charge in [0.05, 0.1) is 28.9 Å². The molecule has 6 nitrogen and oxygen atoms in total. The zero-order chi connectivity index (χ0) is 27.1. The number of halogens is 5.